The molecule has 0 amide bonds. The lowest BCUT2D eigenvalue weighted by Gasteiger charge is -2.09. The minimum atomic E-state index is -0.454. The van der Waals surface area contributed by atoms with E-state index in [0.717, 1.165) is 47.1 Å². The zero-order valence-corrected chi connectivity index (χ0v) is 15.4. The molecular weight excluding hydrogens is 352 g/mol. The van der Waals surface area contributed by atoms with Crippen molar-refractivity contribution < 1.29 is 9.53 Å². The number of hydrogen-bond acceptors (Lipinski definition) is 5. The summed E-state index contributed by atoms with van der Waals surface area (Å²) in [6.07, 6.45) is 3.88. The van der Waals surface area contributed by atoms with Crippen molar-refractivity contribution in [2.45, 2.75) is 19.4 Å². The van der Waals surface area contributed by atoms with Gasteiger partial charge in [0.1, 0.15) is 11.4 Å². The van der Waals surface area contributed by atoms with Gasteiger partial charge in [0.2, 0.25) is 0 Å². The Hall–Kier alpha value is -3.54. The highest BCUT2D eigenvalue weighted by Gasteiger charge is 2.26. The van der Waals surface area contributed by atoms with E-state index in [4.69, 9.17) is 9.84 Å². The Morgan fingerprint density at radius 3 is 2.89 bits per heavy atom. The number of carbonyl (C=O) groups excluding carboxylic acids is 1. The molecule has 5 rings (SSSR count). The average Bonchev–Trinajstić information content (AvgIpc) is 3.34. The molecule has 1 aromatic carbocycles. The highest BCUT2D eigenvalue weighted by Crippen LogP contribution is 2.39. The van der Waals surface area contributed by atoms with E-state index < -0.39 is 5.97 Å². The van der Waals surface area contributed by atoms with Gasteiger partial charge in [0.05, 0.1) is 18.3 Å². The second-order valence-corrected chi connectivity index (χ2v) is 6.77. The maximum absolute atomic E-state index is 11.9. The van der Waals surface area contributed by atoms with Crippen LogP contribution in [-0.2, 0) is 17.7 Å². The summed E-state index contributed by atoms with van der Waals surface area (Å²) >= 11 is 0. The van der Waals surface area contributed by atoms with Gasteiger partial charge in [0.25, 0.3) is 0 Å². The van der Waals surface area contributed by atoms with Gasteiger partial charge in [-0.15, -0.1) is 0 Å². The summed E-state index contributed by atoms with van der Waals surface area (Å²) in [4.78, 5) is 21.0. The van der Waals surface area contributed by atoms with E-state index in [1.54, 1.807) is 6.07 Å². The number of nitrogens with zero attached hydrogens (tertiary/aromatic N) is 4. The fraction of sp³-hybridized carbons (Fsp3) is 0.182. The topological polar surface area (TPSA) is 69.9 Å². The fourth-order valence-corrected chi connectivity index (χ4v) is 3.89. The minimum Gasteiger partial charge on any atom is -0.464 e. The van der Waals surface area contributed by atoms with Gasteiger partial charge in [-0.2, -0.15) is 5.10 Å². The molecule has 4 aromatic rings. The Balaban J connectivity index is 1.77. The van der Waals surface area contributed by atoms with Gasteiger partial charge in [0.15, 0.2) is 0 Å². The number of pyridine rings is 2. The van der Waals surface area contributed by atoms with Crippen molar-refractivity contribution >= 4 is 16.9 Å². The number of esters is 1. The van der Waals surface area contributed by atoms with Gasteiger partial charge in [-0.25, -0.2) is 9.78 Å². The number of aromatic nitrogens is 4. The van der Waals surface area contributed by atoms with Crippen molar-refractivity contribution in [2.75, 3.05) is 7.11 Å². The first kappa shape index (κ1) is 16.6. The van der Waals surface area contributed by atoms with Gasteiger partial charge < -0.3 is 4.74 Å². The van der Waals surface area contributed by atoms with Crippen LogP contribution in [0, 0.1) is 0 Å². The molecule has 0 bridgehead atoms. The number of benzene rings is 1. The number of rotatable bonds is 3. The van der Waals surface area contributed by atoms with Crippen LogP contribution >= 0.6 is 0 Å². The van der Waals surface area contributed by atoms with Crippen LogP contribution in [0.1, 0.15) is 22.6 Å². The van der Waals surface area contributed by atoms with Crippen LogP contribution in [0.5, 0.6) is 0 Å². The number of ether oxygens (including phenoxy) is 1. The Bertz CT molecular complexity index is 1210. The van der Waals surface area contributed by atoms with Crippen molar-refractivity contribution in [3.63, 3.8) is 0 Å². The molecule has 0 N–H and O–H groups in total. The van der Waals surface area contributed by atoms with Gasteiger partial charge >= 0.3 is 5.97 Å². The Kier molecular flexibility index (Phi) is 3.90. The molecule has 0 radical (unpaired) electrons. The molecule has 1 aliphatic rings. The van der Waals surface area contributed by atoms with Crippen molar-refractivity contribution in [3.05, 3.63) is 66.1 Å². The smallest absolute Gasteiger partial charge is 0.356 e. The van der Waals surface area contributed by atoms with E-state index in [0.29, 0.717) is 5.69 Å². The number of para-hydroxylation sites is 1. The first-order valence-corrected chi connectivity index (χ1v) is 9.26. The summed E-state index contributed by atoms with van der Waals surface area (Å²) in [7, 11) is 1.36. The number of hydrogen-bond donors (Lipinski definition) is 0. The molecule has 0 saturated heterocycles. The predicted octanol–water partition coefficient (Wildman–Crippen LogP) is 3.89. The van der Waals surface area contributed by atoms with Crippen LogP contribution in [0.25, 0.3) is 33.4 Å². The second kappa shape index (κ2) is 6.56. The van der Waals surface area contributed by atoms with E-state index >= 15 is 0 Å². The molecule has 28 heavy (non-hydrogen) atoms. The average molecular weight is 370 g/mol. The van der Waals surface area contributed by atoms with Crippen LogP contribution in [0.4, 0.5) is 0 Å². The van der Waals surface area contributed by atoms with Crippen molar-refractivity contribution in [1.29, 1.82) is 0 Å². The van der Waals surface area contributed by atoms with Crippen molar-refractivity contribution in [3.8, 4) is 22.5 Å². The highest BCUT2D eigenvalue weighted by molar-refractivity contribution is 5.99. The quantitative estimate of drug-likeness (QED) is 0.512. The fourth-order valence-electron chi connectivity index (χ4n) is 3.89. The lowest BCUT2D eigenvalue weighted by Crippen LogP contribution is -2.05. The molecule has 6 heteroatoms. The molecule has 0 spiro atoms. The van der Waals surface area contributed by atoms with E-state index in [-0.39, 0.29) is 5.69 Å². The summed E-state index contributed by atoms with van der Waals surface area (Å²) in [6, 6.07) is 15.5. The van der Waals surface area contributed by atoms with Gasteiger partial charge in [0, 0.05) is 29.4 Å². The molecule has 0 fully saturated rings. The summed E-state index contributed by atoms with van der Waals surface area (Å²) in [5.41, 5.74) is 6.05. The zero-order chi connectivity index (χ0) is 19.1. The molecule has 3 aromatic heterocycles. The third-order valence-corrected chi connectivity index (χ3v) is 5.15. The van der Waals surface area contributed by atoms with Gasteiger partial charge in [-0.1, -0.05) is 24.3 Å². The summed E-state index contributed by atoms with van der Waals surface area (Å²) in [5.74, 6) is -0.454. The van der Waals surface area contributed by atoms with Crippen LogP contribution in [0.15, 0.2) is 54.7 Å². The molecule has 6 nitrogen and oxygen atoms in total. The maximum Gasteiger partial charge on any atom is 0.356 e. The number of carbonyl (C=O) groups is 1. The van der Waals surface area contributed by atoms with Gasteiger partial charge in [-0.05, 0) is 42.7 Å². The molecular formula is C22H18N4O2. The van der Waals surface area contributed by atoms with Gasteiger partial charge in [-0.3, -0.25) is 9.67 Å². The molecule has 138 valence electrons. The first-order valence-electron chi connectivity index (χ1n) is 9.26. The van der Waals surface area contributed by atoms with Crippen LogP contribution < -0.4 is 0 Å². The monoisotopic (exact) mass is 370 g/mol. The summed E-state index contributed by atoms with van der Waals surface area (Å²) in [5, 5.41) is 5.93. The Labute approximate surface area is 161 Å². The molecule has 0 atom stereocenters. The number of fused-ring (bicyclic) bond motifs is 2. The first-order chi connectivity index (χ1) is 13.8. The third-order valence-electron chi connectivity index (χ3n) is 5.15. The SMILES string of the molecule is COC(=O)c1cccc(-c2nn3c(c2-c2ccnc4ccccc24)CCC3)n1. The summed E-state index contributed by atoms with van der Waals surface area (Å²) < 4.78 is 6.89. The van der Waals surface area contributed by atoms with Crippen LogP contribution in [0.2, 0.25) is 0 Å². The highest BCUT2D eigenvalue weighted by atomic mass is 16.5. The lowest BCUT2D eigenvalue weighted by molar-refractivity contribution is 0.0594. The Morgan fingerprint density at radius 2 is 2.00 bits per heavy atom. The molecule has 0 saturated carbocycles. The van der Waals surface area contributed by atoms with E-state index in [1.807, 2.05) is 42.6 Å². The summed E-state index contributed by atoms with van der Waals surface area (Å²) in [6.45, 7) is 0.891. The largest absolute Gasteiger partial charge is 0.464 e. The maximum atomic E-state index is 11.9. The standard InChI is InChI=1S/C22H18N4O2/c1-28-22(27)18-9-4-8-17(24-18)21-20(19-10-5-13-26(19)25-21)15-11-12-23-16-7-3-2-6-14(15)16/h2-4,6-9,11-12H,5,10,13H2,1H3. The molecule has 1 aliphatic heterocycles. The second-order valence-electron chi connectivity index (χ2n) is 6.77. The third kappa shape index (κ3) is 2.57. The predicted molar refractivity (Wildman–Crippen MR) is 106 cm³/mol. The molecule has 0 unspecified atom stereocenters. The Morgan fingerprint density at radius 1 is 1.11 bits per heavy atom. The zero-order valence-electron chi connectivity index (χ0n) is 15.4. The van der Waals surface area contributed by atoms with E-state index in [1.165, 1.54) is 12.8 Å². The normalized spacial score (nSPS) is 12.9. The van der Waals surface area contributed by atoms with Crippen molar-refractivity contribution in [1.82, 2.24) is 19.7 Å². The number of methoxy groups -OCH3 is 1. The van der Waals surface area contributed by atoms with E-state index in [2.05, 4.69) is 20.7 Å². The van der Waals surface area contributed by atoms with Crippen LogP contribution in [0.3, 0.4) is 0 Å². The van der Waals surface area contributed by atoms with Crippen LogP contribution in [-0.4, -0.2) is 32.8 Å². The lowest BCUT2D eigenvalue weighted by atomic mass is 9.96. The minimum absolute atomic E-state index is 0.277. The van der Waals surface area contributed by atoms with Crippen molar-refractivity contribution in [2.24, 2.45) is 0 Å². The molecule has 4 heterocycles. The molecule has 0 aliphatic carbocycles. The van der Waals surface area contributed by atoms with E-state index in [9.17, 15) is 4.79 Å². The number of aryl methyl sites for hydroxylation is 1.